The topological polar surface area (TPSA) is 13.1 Å². The Morgan fingerprint density at radius 1 is 0.933 bits per heavy atom. The standard InChI is InChI=1S/C14H9O/c1-2-4-11(5-3-1)13-7-6-12-10-15-9-8-14(12)13/h1-2,4-10H. The van der Waals surface area contributed by atoms with Gasteiger partial charge in [0.2, 0.25) is 0 Å². The molecule has 0 saturated heterocycles. The molecular weight excluding hydrogens is 184 g/mol. The predicted octanol–water partition coefficient (Wildman–Crippen LogP) is 3.85. The van der Waals surface area contributed by atoms with Crippen LogP contribution in [0.5, 0.6) is 0 Å². The lowest BCUT2D eigenvalue weighted by Crippen LogP contribution is -1.77. The first kappa shape index (κ1) is 8.30. The molecule has 0 spiro atoms. The van der Waals surface area contributed by atoms with Crippen molar-refractivity contribution >= 4 is 0 Å². The first-order valence-corrected chi connectivity index (χ1v) is 4.86. The Balaban J connectivity index is 2.22. The maximum atomic E-state index is 5.13. The highest BCUT2D eigenvalue weighted by molar-refractivity contribution is 5.85. The van der Waals surface area contributed by atoms with Crippen LogP contribution in [0.15, 0.2) is 59.4 Å². The molecule has 1 aromatic carbocycles. The Morgan fingerprint density at radius 3 is 2.73 bits per heavy atom. The van der Waals surface area contributed by atoms with Crippen molar-refractivity contribution in [3.8, 4) is 22.3 Å². The maximum absolute atomic E-state index is 5.13. The summed E-state index contributed by atoms with van der Waals surface area (Å²) in [4.78, 5) is 0. The van der Waals surface area contributed by atoms with E-state index in [4.69, 9.17) is 4.42 Å². The second-order valence-corrected chi connectivity index (χ2v) is 3.46. The third-order valence-electron chi connectivity index (χ3n) is 2.56. The summed E-state index contributed by atoms with van der Waals surface area (Å²) in [5, 5.41) is 0. The first-order chi connectivity index (χ1) is 7.45. The first-order valence-electron chi connectivity index (χ1n) is 4.86. The van der Waals surface area contributed by atoms with Crippen molar-refractivity contribution < 1.29 is 4.42 Å². The molecule has 1 aliphatic carbocycles. The lowest BCUT2D eigenvalue weighted by Gasteiger charge is -2.02. The van der Waals surface area contributed by atoms with Crippen LogP contribution >= 0.6 is 0 Å². The van der Waals surface area contributed by atoms with Crippen molar-refractivity contribution in [2.45, 2.75) is 0 Å². The van der Waals surface area contributed by atoms with Crippen LogP contribution in [0.1, 0.15) is 0 Å². The van der Waals surface area contributed by atoms with E-state index in [1.165, 1.54) is 16.7 Å². The minimum absolute atomic E-state index is 1.14. The van der Waals surface area contributed by atoms with Crippen molar-refractivity contribution in [2.75, 3.05) is 0 Å². The summed E-state index contributed by atoms with van der Waals surface area (Å²) in [6, 6.07) is 17.3. The van der Waals surface area contributed by atoms with Crippen LogP contribution in [0.3, 0.4) is 0 Å². The van der Waals surface area contributed by atoms with E-state index in [-0.39, 0.29) is 0 Å². The zero-order chi connectivity index (χ0) is 10.1. The highest BCUT2D eigenvalue weighted by Gasteiger charge is 2.10. The van der Waals surface area contributed by atoms with Crippen LogP contribution in [0.2, 0.25) is 0 Å². The average Bonchev–Trinajstić information content (AvgIpc) is 2.74. The number of rotatable bonds is 1. The van der Waals surface area contributed by atoms with Gasteiger partial charge in [-0.2, -0.15) is 0 Å². The normalized spacial score (nSPS) is 10.7. The molecule has 1 heterocycles. The van der Waals surface area contributed by atoms with Crippen LogP contribution in [0.4, 0.5) is 0 Å². The number of fused-ring (bicyclic) bond motifs is 1. The molecule has 0 unspecified atom stereocenters. The molecule has 2 aliphatic rings. The fourth-order valence-electron chi connectivity index (χ4n) is 1.83. The third-order valence-corrected chi connectivity index (χ3v) is 2.56. The molecule has 0 aromatic heterocycles. The van der Waals surface area contributed by atoms with E-state index in [0.717, 1.165) is 5.56 Å². The third kappa shape index (κ3) is 1.33. The summed E-state index contributed by atoms with van der Waals surface area (Å²) in [7, 11) is 0. The number of benzene rings is 1. The Bertz CT molecular complexity index is 536. The van der Waals surface area contributed by atoms with Crippen LogP contribution in [0.25, 0.3) is 22.3 Å². The lowest BCUT2D eigenvalue weighted by molar-refractivity contribution is 0.552. The Labute approximate surface area is 88.3 Å². The van der Waals surface area contributed by atoms with E-state index >= 15 is 0 Å². The molecular formula is C14H9O. The van der Waals surface area contributed by atoms with Crippen LogP contribution < -0.4 is 0 Å². The highest BCUT2D eigenvalue weighted by atomic mass is 16.3. The minimum atomic E-state index is 1.14. The van der Waals surface area contributed by atoms with E-state index in [0.29, 0.717) is 0 Å². The summed E-state index contributed by atoms with van der Waals surface area (Å²) in [6.07, 6.45) is 3.48. The minimum Gasteiger partial charge on any atom is -0.472 e. The Kier molecular flexibility index (Phi) is 1.82. The zero-order valence-electron chi connectivity index (χ0n) is 8.10. The summed E-state index contributed by atoms with van der Waals surface area (Å²) < 4.78 is 5.13. The van der Waals surface area contributed by atoms with Gasteiger partial charge in [0.15, 0.2) is 0 Å². The van der Waals surface area contributed by atoms with E-state index in [1.54, 1.807) is 12.5 Å². The van der Waals surface area contributed by atoms with Gasteiger partial charge in [0, 0.05) is 5.56 Å². The molecule has 1 aliphatic heterocycles. The average molecular weight is 193 g/mol. The maximum Gasteiger partial charge on any atom is 0.0980 e. The second-order valence-electron chi connectivity index (χ2n) is 3.46. The molecule has 15 heavy (non-hydrogen) atoms. The largest absolute Gasteiger partial charge is 0.472 e. The van der Waals surface area contributed by atoms with Gasteiger partial charge in [-0.3, -0.25) is 0 Å². The van der Waals surface area contributed by atoms with Gasteiger partial charge in [0.05, 0.1) is 12.5 Å². The molecule has 1 heteroatoms. The van der Waals surface area contributed by atoms with Crippen LogP contribution in [-0.2, 0) is 0 Å². The van der Waals surface area contributed by atoms with Gasteiger partial charge in [0.1, 0.15) is 0 Å². The van der Waals surface area contributed by atoms with Crippen molar-refractivity contribution in [1.82, 2.24) is 0 Å². The van der Waals surface area contributed by atoms with Gasteiger partial charge < -0.3 is 4.42 Å². The molecule has 0 atom stereocenters. The summed E-state index contributed by atoms with van der Waals surface area (Å²) in [5.41, 5.74) is 4.79. The van der Waals surface area contributed by atoms with Crippen molar-refractivity contribution in [1.29, 1.82) is 0 Å². The van der Waals surface area contributed by atoms with Gasteiger partial charge >= 0.3 is 0 Å². The van der Waals surface area contributed by atoms with E-state index in [2.05, 4.69) is 24.3 Å². The molecule has 0 fully saturated rings. The predicted molar refractivity (Wildman–Crippen MR) is 59.6 cm³/mol. The molecule has 0 bridgehead atoms. The Morgan fingerprint density at radius 2 is 1.87 bits per heavy atom. The molecule has 1 aromatic rings. The Hall–Kier alpha value is -2.02. The van der Waals surface area contributed by atoms with Gasteiger partial charge in [-0.25, -0.2) is 0 Å². The van der Waals surface area contributed by atoms with Crippen LogP contribution in [0, 0.1) is 6.07 Å². The zero-order valence-corrected chi connectivity index (χ0v) is 8.10. The van der Waals surface area contributed by atoms with Crippen molar-refractivity contribution in [3.63, 3.8) is 0 Å². The highest BCUT2D eigenvalue weighted by Crippen LogP contribution is 2.34. The monoisotopic (exact) mass is 193 g/mol. The summed E-state index contributed by atoms with van der Waals surface area (Å²) in [5.74, 6) is 0. The van der Waals surface area contributed by atoms with E-state index in [1.807, 2.05) is 24.3 Å². The van der Waals surface area contributed by atoms with E-state index < -0.39 is 0 Å². The number of hydrogen-bond acceptors (Lipinski definition) is 1. The molecule has 3 rings (SSSR count). The van der Waals surface area contributed by atoms with Crippen molar-refractivity contribution in [3.05, 3.63) is 61.1 Å². The fourth-order valence-corrected chi connectivity index (χ4v) is 1.83. The summed E-state index contributed by atoms with van der Waals surface area (Å²) >= 11 is 0. The number of hydrogen-bond donors (Lipinski definition) is 0. The molecule has 0 saturated carbocycles. The van der Waals surface area contributed by atoms with Crippen LogP contribution in [-0.4, -0.2) is 0 Å². The smallest absolute Gasteiger partial charge is 0.0980 e. The molecule has 0 N–H and O–H groups in total. The molecule has 1 nitrogen and oxygen atoms in total. The molecule has 71 valence electrons. The van der Waals surface area contributed by atoms with Gasteiger partial charge in [-0.15, -0.1) is 0 Å². The SMILES string of the molecule is [c]1cccc(-c2ccc3coccc2-3)c1. The van der Waals surface area contributed by atoms with Gasteiger partial charge in [0.25, 0.3) is 0 Å². The fraction of sp³-hybridized carbons (Fsp3) is 0. The molecule has 1 radical (unpaired) electrons. The van der Waals surface area contributed by atoms with Gasteiger partial charge in [-0.05, 0) is 34.9 Å². The lowest BCUT2D eigenvalue weighted by atomic mass is 10.0. The second kappa shape index (κ2) is 3.28. The van der Waals surface area contributed by atoms with Gasteiger partial charge in [-0.1, -0.05) is 30.3 Å². The molecule has 0 amide bonds. The quantitative estimate of drug-likeness (QED) is 0.572. The van der Waals surface area contributed by atoms with Crippen molar-refractivity contribution in [2.24, 2.45) is 0 Å². The van der Waals surface area contributed by atoms with E-state index in [9.17, 15) is 0 Å². The summed E-state index contributed by atoms with van der Waals surface area (Å²) in [6.45, 7) is 0.